The molecule has 1 aliphatic heterocycles. The first-order valence-corrected chi connectivity index (χ1v) is 8.08. The van der Waals surface area contributed by atoms with Crippen molar-refractivity contribution in [2.45, 2.75) is 12.6 Å². The van der Waals surface area contributed by atoms with Crippen molar-refractivity contribution in [2.75, 3.05) is 38.2 Å². The predicted molar refractivity (Wildman–Crippen MR) is 83.9 cm³/mol. The number of ether oxygens (including phenoxy) is 1. The second-order valence-corrected chi connectivity index (χ2v) is 6.10. The molecule has 3 rings (SSSR count). The van der Waals surface area contributed by atoms with E-state index in [1.807, 2.05) is 22.3 Å². The van der Waals surface area contributed by atoms with E-state index in [2.05, 4.69) is 15.0 Å². The first-order chi connectivity index (χ1) is 10.7. The standard InChI is InChI=1S/C14H19N5O2S/c1-17(14-15-4-8-22-14)13(20)11-18-6-7-21-12(9-18)10-19-5-2-3-16-19/h2-5,8,12H,6-7,9-11H2,1H3/t12-/m1/s1. The van der Waals surface area contributed by atoms with Crippen molar-refractivity contribution in [3.05, 3.63) is 30.0 Å². The SMILES string of the molecule is CN(C(=O)CN1CCO[C@@H](Cn2cccn2)C1)c1nccs1. The Hall–Kier alpha value is -1.77. The van der Waals surface area contributed by atoms with Crippen LogP contribution in [0.2, 0.25) is 0 Å². The molecule has 1 atom stereocenters. The van der Waals surface area contributed by atoms with Crippen molar-refractivity contribution in [2.24, 2.45) is 0 Å². The maximum atomic E-state index is 12.3. The molecule has 1 aliphatic rings. The highest BCUT2D eigenvalue weighted by molar-refractivity contribution is 7.13. The van der Waals surface area contributed by atoms with Crippen LogP contribution in [0.1, 0.15) is 0 Å². The molecule has 22 heavy (non-hydrogen) atoms. The molecule has 7 nitrogen and oxygen atoms in total. The normalized spacial score (nSPS) is 19.2. The summed E-state index contributed by atoms with van der Waals surface area (Å²) in [6.07, 6.45) is 5.45. The Labute approximate surface area is 133 Å². The molecule has 1 fully saturated rings. The Balaban J connectivity index is 1.52. The molecule has 2 aromatic heterocycles. The van der Waals surface area contributed by atoms with E-state index in [0.717, 1.165) is 18.2 Å². The van der Waals surface area contributed by atoms with Gasteiger partial charge in [-0.25, -0.2) is 4.98 Å². The zero-order valence-electron chi connectivity index (χ0n) is 12.5. The van der Waals surface area contributed by atoms with Gasteiger partial charge in [-0.1, -0.05) is 0 Å². The summed E-state index contributed by atoms with van der Waals surface area (Å²) >= 11 is 1.46. The zero-order valence-corrected chi connectivity index (χ0v) is 13.3. The summed E-state index contributed by atoms with van der Waals surface area (Å²) < 4.78 is 7.62. The Morgan fingerprint density at radius 2 is 2.45 bits per heavy atom. The van der Waals surface area contributed by atoms with Gasteiger partial charge in [0.05, 0.1) is 25.8 Å². The first-order valence-electron chi connectivity index (χ1n) is 7.20. The quantitative estimate of drug-likeness (QED) is 0.811. The molecule has 0 bridgehead atoms. The average molecular weight is 321 g/mol. The second kappa shape index (κ2) is 6.99. The van der Waals surface area contributed by atoms with Gasteiger partial charge in [-0.3, -0.25) is 19.3 Å². The molecule has 3 heterocycles. The molecule has 0 aliphatic carbocycles. The van der Waals surface area contributed by atoms with Crippen molar-refractivity contribution in [3.8, 4) is 0 Å². The minimum absolute atomic E-state index is 0.0506. The molecule has 0 spiro atoms. The molecule has 0 saturated carbocycles. The Morgan fingerprint density at radius 3 is 3.18 bits per heavy atom. The molecule has 8 heteroatoms. The van der Waals surface area contributed by atoms with Crippen molar-refractivity contribution in [1.29, 1.82) is 0 Å². The van der Waals surface area contributed by atoms with Crippen LogP contribution in [0.3, 0.4) is 0 Å². The number of carbonyl (C=O) groups excluding carboxylic acids is 1. The van der Waals surface area contributed by atoms with Gasteiger partial charge in [0.15, 0.2) is 5.13 Å². The van der Waals surface area contributed by atoms with Gasteiger partial charge < -0.3 is 4.74 Å². The zero-order chi connectivity index (χ0) is 15.4. The fourth-order valence-electron chi connectivity index (χ4n) is 2.44. The minimum Gasteiger partial charge on any atom is -0.374 e. The predicted octanol–water partition coefficient (Wildman–Crippen LogP) is 0.703. The third kappa shape index (κ3) is 3.70. The number of amides is 1. The van der Waals surface area contributed by atoms with Gasteiger partial charge >= 0.3 is 0 Å². The molecule has 118 valence electrons. The van der Waals surface area contributed by atoms with E-state index in [1.54, 1.807) is 24.3 Å². The average Bonchev–Trinajstić information content (AvgIpc) is 3.20. The Morgan fingerprint density at radius 1 is 1.55 bits per heavy atom. The summed E-state index contributed by atoms with van der Waals surface area (Å²) in [5, 5.41) is 6.79. The van der Waals surface area contributed by atoms with Crippen LogP contribution in [0.4, 0.5) is 5.13 Å². The lowest BCUT2D eigenvalue weighted by atomic mass is 10.2. The van der Waals surface area contributed by atoms with E-state index in [1.165, 1.54) is 11.3 Å². The molecule has 1 amide bonds. The summed E-state index contributed by atoms with van der Waals surface area (Å²) in [4.78, 5) is 20.2. The highest BCUT2D eigenvalue weighted by Crippen LogP contribution is 2.16. The lowest BCUT2D eigenvalue weighted by molar-refractivity contribution is -0.121. The molecular formula is C14H19N5O2S. The fraction of sp³-hybridized carbons (Fsp3) is 0.500. The largest absolute Gasteiger partial charge is 0.374 e. The first kappa shape index (κ1) is 15.1. The van der Waals surface area contributed by atoms with E-state index in [9.17, 15) is 4.79 Å². The van der Waals surface area contributed by atoms with Crippen LogP contribution >= 0.6 is 11.3 Å². The van der Waals surface area contributed by atoms with E-state index < -0.39 is 0 Å². The summed E-state index contributed by atoms with van der Waals surface area (Å²) in [6.45, 7) is 3.24. The number of morpholine rings is 1. The Bertz CT molecular complexity index is 586. The number of hydrogen-bond donors (Lipinski definition) is 0. The smallest absolute Gasteiger partial charge is 0.242 e. The maximum Gasteiger partial charge on any atom is 0.242 e. The van der Waals surface area contributed by atoms with Gasteiger partial charge in [0.1, 0.15) is 0 Å². The fourth-order valence-corrected chi connectivity index (χ4v) is 3.06. The van der Waals surface area contributed by atoms with Crippen molar-refractivity contribution in [3.63, 3.8) is 0 Å². The topological polar surface area (TPSA) is 63.5 Å². The molecule has 0 unspecified atom stereocenters. The van der Waals surface area contributed by atoms with Crippen LogP contribution in [0.25, 0.3) is 0 Å². The summed E-state index contributed by atoms with van der Waals surface area (Å²) in [5.41, 5.74) is 0. The van der Waals surface area contributed by atoms with Crippen molar-refractivity contribution in [1.82, 2.24) is 19.7 Å². The lowest BCUT2D eigenvalue weighted by Gasteiger charge is -2.33. The van der Waals surface area contributed by atoms with Crippen LogP contribution in [0.15, 0.2) is 30.0 Å². The number of rotatable bonds is 5. The number of hydrogen-bond acceptors (Lipinski definition) is 6. The van der Waals surface area contributed by atoms with Gasteiger partial charge in [-0.2, -0.15) is 5.10 Å². The monoisotopic (exact) mass is 321 g/mol. The number of nitrogens with zero attached hydrogens (tertiary/aromatic N) is 5. The molecule has 0 aromatic carbocycles. The van der Waals surface area contributed by atoms with E-state index in [-0.39, 0.29) is 12.0 Å². The molecule has 2 aromatic rings. The van der Waals surface area contributed by atoms with E-state index >= 15 is 0 Å². The molecule has 0 N–H and O–H groups in total. The Kier molecular flexibility index (Phi) is 4.81. The lowest BCUT2D eigenvalue weighted by Crippen LogP contribution is -2.48. The van der Waals surface area contributed by atoms with E-state index in [0.29, 0.717) is 19.7 Å². The third-order valence-electron chi connectivity index (χ3n) is 3.61. The summed E-state index contributed by atoms with van der Waals surface area (Å²) in [6, 6.07) is 1.90. The van der Waals surface area contributed by atoms with Gasteiger partial charge in [-0.05, 0) is 6.07 Å². The second-order valence-electron chi connectivity index (χ2n) is 5.22. The summed E-state index contributed by atoms with van der Waals surface area (Å²) in [5.74, 6) is 0.0506. The highest BCUT2D eigenvalue weighted by Gasteiger charge is 2.24. The maximum absolute atomic E-state index is 12.3. The number of thiazole rings is 1. The minimum atomic E-state index is 0.0506. The van der Waals surface area contributed by atoms with Gasteiger partial charge in [0.2, 0.25) is 5.91 Å². The van der Waals surface area contributed by atoms with Crippen LogP contribution in [0, 0.1) is 0 Å². The van der Waals surface area contributed by atoms with Crippen molar-refractivity contribution >= 4 is 22.4 Å². The van der Waals surface area contributed by atoms with Gasteiger partial charge in [-0.15, -0.1) is 11.3 Å². The van der Waals surface area contributed by atoms with Crippen LogP contribution in [0.5, 0.6) is 0 Å². The molecule has 1 saturated heterocycles. The van der Waals surface area contributed by atoms with Gasteiger partial charge in [0.25, 0.3) is 0 Å². The number of likely N-dealkylation sites (N-methyl/N-ethyl adjacent to an activating group) is 1. The number of carbonyl (C=O) groups is 1. The molecular weight excluding hydrogens is 302 g/mol. The number of aromatic nitrogens is 3. The van der Waals surface area contributed by atoms with E-state index in [4.69, 9.17) is 4.74 Å². The third-order valence-corrected chi connectivity index (χ3v) is 4.46. The van der Waals surface area contributed by atoms with Crippen LogP contribution < -0.4 is 4.90 Å². The van der Waals surface area contributed by atoms with Crippen LogP contribution in [-0.2, 0) is 16.1 Å². The van der Waals surface area contributed by atoms with Gasteiger partial charge in [0, 0.05) is 44.1 Å². The highest BCUT2D eigenvalue weighted by atomic mass is 32.1. The number of anilines is 1. The van der Waals surface area contributed by atoms with Crippen LogP contribution in [-0.4, -0.2) is 65.0 Å². The summed E-state index contributed by atoms with van der Waals surface area (Å²) in [7, 11) is 1.77. The molecule has 0 radical (unpaired) electrons. The van der Waals surface area contributed by atoms with Crippen molar-refractivity contribution < 1.29 is 9.53 Å².